The summed E-state index contributed by atoms with van der Waals surface area (Å²) in [6.45, 7) is 2.90. The molecule has 0 spiro atoms. The van der Waals surface area contributed by atoms with Crippen LogP contribution in [0.25, 0.3) is 0 Å². The average Bonchev–Trinajstić information content (AvgIpc) is 2.50. The first-order valence-corrected chi connectivity index (χ1v) is 7.32. The highest BCUT2D eigenvalue weighted by molar-refractivity contribution is 5.39. The van der Waals surface area contributed by atoms with Gasteiger partial charge < -0.3 is 19.5 Å². The van der Waals surface area contributed by atoms with Crippen LogP contribution in [0.15, 0.2) is 18.2 Å². The minimum absolute atomic E-state index is 0.417. The van der Waals surface area contributed by atoms with Crippen molar-refractivity contribution in [1.82, 2.24) is 5.32 Å². The lowest BCUT2D eigenvalue weighted by atomic mass is 9.87. The fourth-order valence-corrected chi connectivity index (χ4v) is 2.67. The van der Waals surface area contributed by atoms with Gasteiger partial charge in [-0.3, -0.25) is 0 Å². The van der Waals surface area contributed by atoms with Crippen LogP contribution in [0.3, 0.4) is 0 Å². The molecule has 1 unspecified atom stereocenters. The van der Waals surface area contributed by atoms with Gasteiger partial charge in [-0.2, -0.15) is 0 Å². The number of hydrogen-bond acceptors (Lipinski definition) is 4. The van der Waals surface area contributed by atoms with Gasteiger partial charge in [0.15, 0.2) is 0 Å². The van der Waals surface area contributed by atoms with E-state index in [0.29, 0.717) is 19.3 Å². The van der Waals surface area contributed by atoms with Crippen molar-refractivity contribution >= 4 is 0 Å². The van der Waals surface area contributed by atoms with Crippen LogP contribution in [0.4, 0.5) is 0 Å². The van der Waals surface area contributed by atoms with Gasteiger partial charge in [-0.15, -0.1) is 0 Å². The van der Waals surface area contributed by atoms with E-state index in [1.54, 1.807) is 14.2 Å². The highest BCUT2D eigenvalue weighted by atomic mass is 16.5. The number of nitrogens with one attached hydrogen (secondary N) is 1. The van der Waals surface area contributed by atoms with Gasteiger partial charge in [0, 0.05) is 19.7 Å². The topological polar surface area (TPSA) is 39.7 Å². The molecule has 0 heterocycles. The molecule has 0 aromatic heterocycles. The Labute approximate surface area is 121 Å². The minimum Gasteiger partial charge on any atom is -0.497 e. The zero-order valence-electron chi connectivity index (χ0n) is 12.5. The summed E-state index contributed by atoms with van der Waals surface area (Å²) in [5, 5.41) is 3.58. The summed E-state index contributed by atoms with van der Waals surface area (Å²) in [6, 6.07) is 6.82. The van der Waals surface area contributed by atoms with Crippen LogP contribution < -0.4 is 10.1 Å². The predicted molar refractivity (Wildman–Crippen MR) is 79.4 cm³/mol. The Hall–Kier alpha value is -1.10. The molecule has 1 aliphatic rings. The van der Waals surface area contributed by atoms with Crippen LogP contribution in [0.1, 0.15) is 30.0 Å². The molecule has 1 aromatic rings. The maximum atomic E-state index is 5.49. The molecule has 20 heavy (non-hydrogen) atoms. The van der Waals surface area contributed by atoms with Crippen molar-refractivity contribution < 1.29 is 14.2 Å². The number of aryl methyl sites for hydroxylation is 1. The van der Waals surface area contributed by atoms with Crippen molar-refractivity contribution in [2.75, 3.05) is 40.6 Å². The van der Waals surface area contributed by atoms with Gasteiger partial charge in [-0.1, -0.05) is 6.07 Å². The van der Waals surface area contributed by atoms with Crippen LogP contribution in [-0.4, -0.2) is 40.6 Å². The summed E-state index contributed by atoms with van der Waals surface area (Å²) in [5.74, 6) is 0.939. The zero-order valence-corrected chi connectivity index (χ0v) is 12.5. The molecule has 4 nitrogen and oxygen atoms in total. The molecule has 0 saturated carbocycles. The van der Waals surface area contributed by atoms with Gasteiger partial charge in [0.25, 0.3) is 0 Å². The molecule has 1 aliphatic carbocycles. The minimum atomic E-state index is 0.417. The lowest BCUT2D eigenvalue weighted by molar-refractivity contribution is 0.0708. The quantitative estimate of drug-likeness (QED) is 0.741. The predicted octanol–water partition coefficient (Wildman–Crippen LogP) is 2.33. The molecule has 0 aliphatic heterocycles. The Bertz CT molecular complexity index is 409. The van der Waals surface area contributed by atoms with E-state index in [4.69, 9.17) is 14.2 Å². The standard InChI is InChI=1S/C16H25NO3/c1-18-10-11-20-9-8-17-16-5-3-4-13-6-7-14(19-2)12-15(13)16/h6-7,12,16-17H,3-5,8-11H2,1-2H3. The highest BCUT2D eigenvalue weighted by Gasteiger charge is 2.20. The summed E-state index contributed by atoms with van der Waals surface area (Å²) in [5.41, 5.74) is 2.82. The Balaban J connectivity index is 1.84. The van der Waals surface area contributed by atoms with E-state index in [2.05, 4.69) is 23.5 Å². The molecule has 0 radical (unpaired) electrons. The van der Waals surface area contributed by atoms with E-state index in [-0.39, 0.29) is 0 Å². The van der Waals surface area contributed by atoms with Gasteiger partial charge in [-0.25, -0.2) is 0 Å². The third-order valence-corrected chi connectivity index (χ3v) is 3.74. The molecule has 2 rings (SSSR count). The van der Waals surface area contributed by atoms with E-state index in [9.17, 15) is 0 Å². The summed E-state index contributed by atoms with van der Waals surface area (Å²) in [6.07, 6.45) is 3.58. The fraction of sp³-hybridized carbons (Fsp3) is 0.625. The number of benzene rings is 1. The highest BCUT2D eigenvalue weighted by Crippen LogP contribution is 2.32. The molecule has 4 heteroatoms. The van der Waals surface area contributed by atoms with Gasteiger partial charge >= 0.3 is 0 Å². The van der Waals surface area contributed by atoms with Crippen LogP contribution in [-0.2, 0) is 15.9 Å². The number of rotatable bonds is 8. The molecule has 0 fully saturated rings. The lowest BCUT2D eigenvalue weighted by Gasteiger charge is -2.27. The number of fused-ring (bicyclic) bond motifs is 1. The maximum absolute atomic E-state index is 5.49. The number of hydrogen-bond donors (Lipinski definition) is 1. The normalized spacial score (nSPS) is 17.8. The molecule has 0 bridgehead atoms. The summed E-state index contributed by atoms with van der Waals surface area (Å²) in [7, 11) is 3.41. The average molecular weight is 279 g/mol. The molecule has 1 N–H and O–H groups in total. The van der Waals surface area contributed by atoms with E-state index in [1.807, 2.05) is 0 Å². The summed E-state index contributed by atoms with van der Waals surface area (Å²) >= 11 is 0. The van der Waals surface area contributed by atoms with E-state index in [1.165, 1.54) is 30.4 Å². The van der Waals surface area contributed by atoms with Crippen molar-refractivity contribution in [1.29, 1.82) is 0 Å². The first-order chi connectivity index (χ1) is 9.85. The van der Waals surface area contributed by atoms with Crippen molar-refractivity contribution in [2.45, 2.75) is 25.3 Å². The Morgan fingerprint density at radius 1 is 1.20 bits per heavy atom. The molecular formula is C16H25NO3. The largest absolute Gasteiger partial charge is 0.497 e. The fourth-order valence-electron chi connectivity index (χ4n) is 2.67. The van der Waals surface area contributed by atoms with Gasteiger partial charge in [0.2, 0.25) is 0 Å². The monoisotopic (exact) mass is 279 g/mol. The summed E-state index contributed by atoms with van der Waals surface area (Å²) < 4.78 is 15.8. The van der Waals surface area contributed by atoms with E-state index in [0.717, 1.165) is 18.9 Å². The second-order valence-corrected chi connectivity index (χ2v) is 5.07. The van der Waals surface area contributed by atoms with Crippen molar-refractivity contribution in [3.63, 3.8) is 0 Å². The van der Waals surface area contributed by atoms with E-state index >= 15 is 0 Å². The van der Waals surface area contributed by atoms with Crippen LogP contribution >= 0.6 is 0 Å². The Kier molecular flexibility index (Phi) is 6.30. The Morgan fingerprint density at radius 2 is 2.10 bits per heavy atom. The SMILES string of the molecule is COCCOCCNC1CCCc2ccc(OC)cc21. The Morgan fingerprint density at radius 3 is 2.90 bits per heavy atom. The number of methoxy groups -OCH3 is 2. The third kappa shape index (κ3) is 4.20. The smallest absolute Gasteiger partial charge is 0.119 e. The first kappa shape index (κ1) is 15.3. The van der Waals surface area contributed by atoms with Crippen molar-refractivity contribution in [3.05, 3.63) is 29.3 Å². The molecule has 1 atom stereocenters. The molecular weight excluding hydrogens is 254 g/mol. The van der Waals surface area contributed by atoms with Gasteiger partial charge in [0.1, 0.15) is 5.75 Å². The van der Waals surface area contributed by atoms with Crippen LogP contribution in [0, 0.1) is 0 Å². The molecule has 112 valence electrons. The molecule has 1 aromatic carbocycles. The second-order valence-electron chi connectivity index (χ2n) is 5.07. The lowest BCUT2D eigenvalue weighted by Crippen LogP contribution is -2.28. The van der Waals surface area contributed by atoms with Crippen molar-refractivity contribution in [2.24, 2.45) is 0 Å². The van der Waals surface area contributed by atoms with Gasteiger partial charge in [-0.05, 0) is 42.5 Å². The van der Waals surface area contributed by atoms with Crippen molar-refractivity contribution in [3.8, 4) is 5.75 Å². The van der Waals surface area contributed by atoms with Gasteiger partial charge in [0.05, 0.1) is 26.9 Å². The molecule has 0 amide bonds. The second kappa shape index (κ2) is 8.25. The summed E-state index contributed by atoms with van der Waals surface area (Å²) in [4.78, 5) is 0. The first-order valence-electron chi connectivity index (χ1n) is 7.32. The van der Waals surface area contributed by atoms with E-state index < -0.39 is 0 Å². The molecule has 0 saturated heterocycles. The maximum Gasteiger partial charge on any atom is 0.119 e. The third-order valence-electron chi connectivity index (χ3n) is 3.74. The number of ether oxygens (including phenoxy) is 3. The van der Waals surface area contributed by atoms with Crippen LogP contribution in [0.5, 0.6) is 5.75 Å². The van der Waals surface area contributed by atoms with Crippen LogP contribution in [0.2, 0.25) is 0 Å². The zero-order chi connectivity index (χ0) is 14.2.